The number of carbonyl (C=O) groups is 1. The van der Waals surface area contributed by atoms with Crippen molar-refractivity contribution < 1.29 is 9.32 Å². The summed E-state index contributed by atoms with van der Waals surface area (Å²) in [4.78, 5) is 19.6. The fourth-order valence-electron chi connectivity index (χ4n) is 2.37. The quantitative estimate of drug-likeness (QED) is 0.929. The van der Waals surface area contributed by atoms with Crippen molar-refractivity contribution in [2.75, 3.05) is 18.5 Å². The minimum absolute atomic E-state index is 0.0304. The molecule has 6 nitrogen and oxygen atoms in total. The van der Waals surface area contributed by atoms with Crippen LogP contribution in [0.25, 0.3) is 0 Å². The van der Waals surface area contributed by atoms with Crippen LogP contribution in [0.15, 0.2) is 16.0 Å². The summed E-state index contributed by atoms with van der Waals surface area (Å²) in [6.07, 6.45) is 1.47. The first-order valence-corrected chi connectivity index (χ1v) is 7.50. The largest absolute Gasteiger partial charge is 0.337 e. The minimum Gasteiger partial charge on any atom is -0.337 e. The molecule has 106 valence electrons. The van der Waals surface area contributed by atoms with Gasteiger partial charge in [0.15, 0.2) is 0 Å². The molecular weight excluding hydrogens is 276 g/mol. The molecule has 20 heavy (non-hydrogen) atoms. The molecular formula is C13H16N4O2S. The first kappa shape index (κ1) is 13.3. The van der Waals surface area contributed by atoms with Gasteiger partial charge in [-0.05, 0) is 35.6 Å². The van der Waals surface area contributed by atoms with Gasteiger partial charge in [0.2, 0.25) is 5.89 Å². The number of hydrogen-bond donors (Lipinski definition) is 1. The highest BCUT2D eigenvalue weighted by Crippen LogP contribution is 2.30. The van der Waals surface area contributed by atoms with Crippen LogP contribution in [0.4, 0.5) is 5.95 Å². The van der Waals surface area contributed by atoms with E-state index in [0.717, 1.165) is 11.3 Å². The first-order chi connectivity index (χ1) is 9.74. The summed E-state index contributed by atoms with van der Waals surface area (Å²) in [7, 11) is 1.79. The highest BCUT2D eigenvalue weighted by atomic mass is 32.1. The van der Waals surface area contributed by atoms with E-state index in [4.69, 9.17) is 4.52 Å². The van der Waals surface area contributed by atoms with Gasteiger partial charge in [-0.2, -0.15) is 4.98 Å². The van der Waals surface area contributed by atoms with Crippen molar-refractivity contribution in [3.05, 3.63) is 27.8 Å². The lowest BCUT2D eigenvalue weighted by atomic mass is 10.1. The third-order valence-corrected chi connectivity index (χ3v) is 4.47. The molecule has 0 saturated carbocycles. The van der Waals surface area contributed by atoms with E-state index >= 15 is 0 Å². The molecule has 0 fully saturated rings. The number of aromatic nitrogens is 2. The number of carbonyl (C=O) groups excluding carboxylic acids is 1. The van der Waals surface area contributed by atoms with Crippen molar-refractivity contribution in [2.24, 2.45) is 0 Å². The Balaban J connectivity index is 1.94. The highest BCUT2D eigenvalue weighted by molar-refractivity contribution is 7.10. The molecule has 3 rings (SSSR count). The Morgan fingerprint density at radius 3 is 3.15 bits per heavy atom. The van der Waals surface area contributed by atoms with Crippen LogP contribution >= 0.6 is 11.3 Å². The Morgan fingerprint density at radius 1 is 1.60 bits per heavy atom. The van der Waals surface area contributed by atoms with Gasteiger partial charge in [-0.3, -0.25) is 9.69 Å². The summed E-state index contributed by atoms with van der Waals surface area (Å²) >= 11 is 1.61. The second-order valence-electron chi connectivity index (χ2n) is 4.61. The lowest BCUT2D eigenvalue weighted by Crippen LogP contribution is -2.39. The molecule has 3 heterocycles. The molecule has 0 aromatic carbocycles. The zero-order valence-electron chi connectivity index (χ0n) is 11.4. The van der Waals surface area contributed by atoms with Crippen LogP contribution in [0, 0.1) is 0 Å². The smallest absolute Gasteiger partial charge is 0.272 e. The second kappa shape index (κ2) is 5.34. The summed E-state index contributed by atoms with van der Waals surface area (Å²) < 4.78 is 5.11. The van der Waals surface area contributed by atoms with Crippen LogP contribution in [0.2, 0.25) is 0 Å². The standard InChI is InChI=1S/C13H16N4O2S/c1-3-9-15-13(16-19-9)17-6-4-8-5-7-20-11(8)10(14-2)12(17)18/h5,7,10,14H,3-4,6H2,1-2H3. The molecule has 1 amide bonds. The maximum atomic E-state index is 12.7. The van der Waals surface area contributed by atoms with Crippen LogP contribution in [-0.4, -0.2) is 29.6 Å². The summed E-state index contributed by atoms with van der Waals surface area (Å²) in [5, 5.41) is 9.03. The molecule has 1 aliphatic heterocycles. The lowest BCUT2D eigenvalue weighted by Gasteiger charge is -2.20. The van der Waals surface area contributed by atoms with E-state index in [2.05, 4.69) is 21.5 Å². The van der Waals surface area contributed by atoms with E-state index in [1.807, 2.05) is 12.3 Å². The topological polar surface area (TPSA) is 71.3 Å². The van der Waals surface area contributed by atoms with Crippen molar-refractivity contribution in [2.45, 2.75) is 25.8 Å². The molecule has 1 unspecified atom stereocenters. The van der Waals surface area contributed by atoms with Gasteiger partial charge in [0.05, 0.1) is 0 Å². The third kappa shape index (κ3) is 2.12. The maximum Gasteiger partial charge on any atom is 0.272 e. The van der Waals surface area contributed by atoms with Crippen LogP contribution < -0.4 is 10.2 Å². The monoisotopic (exact) mass is 292 g/mol. The number of nitrogens with one attached hydrogen (secondary N) is 1. The highest BCUT2D eigenvalue weighted by Gasteiger charge is 2.33. The SMILES string of the molecule is CCc1nc(N2CCc3ccsc3C(NC)C2=O)no1. The van der Waals surface area contributed by atoms with Gasteiger partial charge in [-0.1, -0.05) is 6.92 Å². The van der Waals surface area contributed by atoms with E-state index in [0.29, 0.717) is 24.8 Å². The molecule has 2 aromatic rings. The molecule has 1 atom stereocenters. The zero-order valence-corrected chi connectivity index (χ0v) is 12.2. The predicted molar refractivity (Wildman–Crippen MR) is 75.9 cm³/mol. The van der Waals surface area contributed by atoms with E-state index in [-0.39, 0.29) is 11.9 Å². The molecule has 0 radical (unpaired) electrons. The summed E-state index contributed by atoms with van der Waals surface area (Å²) in [5.41, 5.74) is 1.21. The van der Waals surface area contributed by atoms with Gasteiger partial charge in [0.1, 0.15) is 6.04 Å². The Labute approximate surface area is 120 Å². The number of rotatable bonds is 3. The van der Waals surface area contributed by atoms with Crippen molar-refractivity contribution in [1.82, 2.24) is 15.5 Å². The van der Waals surface area contributed by atoms with Gasteiger partial charge in [0.25, 0.3) is 11.9 Å². The van der Waals surface area contributed by atoms with Gasteiger partial charge in [-0.25, -0.2) is 0 Å². The molecule has 0 saturated heterocycles. The normalized spacial score (nSPS) is 19.0. The van der Waals surface area contributed by atoms with Crippen LogP contribution in [0.5, 0.6) is 0 Å². The number of anilines is 1. The second-order valence-corrected chi connectivity index (χ2v) is 5.56. The number of likely N-dealkylation sites (N-methyl/N-ethyl adjacent to an activating group) is 1. The van der Waals surface area contributed by atoms with Crippen LogP contribution in [0.1, 0.15) is 29.3 Å². The molecule has 1 N–H and O–H groups in total. The number of fused-ring (bicyclic) bond motifs is 1. The number of amides is 1. The van der Waals surface area contributed by atoms with Gasteiger partial charge >= 0.3 is 0 Å². The third-order valence-electron chi connectivity index (χ3n) is 3.45. The Hall–Kier alpha value is -1.73. The first-order valence-electron chi connectivity index (χ1n) is 6.62. The minimum atomic E-state index is -0.337. The fourth-order valence-corrected chi connectivity index (χ4v) is 3.43. The molecule has 0 spiro atoms. The van der Waals surface area contributed by atoms with Gasteiger partial charge in [-0.15, -0.1) is 11.3 Å². The van der Waals surface area contributed by atoms with Crippen molar-refractivity contribution in [3.63, 3.8) is 0 Å². The van der Waals surface area contributed by atoms with Gasteiger partial charge in [0, 0.05) is 17.8 Å². The number of thiophene rings is 1. The molecule has 2 aromatic heterocycles. The Kier molecular flexibility index (Phi) is 3.54. The molecule has 7 heteroatoms. The number of hydrogen-bond acceptors (Lipinski definition) is 6. The summed E-state index contributed by atoms with van der Waals surface area (Å²) in [6, 6.07) is 1.74. The van der Waals surface area contributed by atoms with Crippen molar-refractivity contribution in [3.8, 4) is 0 Å². The Bertz CT molecular complexity index is 621. The summed E-state index contributed by atoms with van der Waals surface area (Å²) in [6.45, 7) is 2.51. The molecule has 0 aliphatic carbocycles. The molecule has 1 aliphatic rings. The fraction of sp³-hybridized carbons (Fsp3) is 0.462. The van der Waals surface area contributed by atoms with E-state index in [9.17, 15) is 4.79 Å². The predicted octanol–water partition coefficient (Wildman–Crippen LogP) is 1.54. The number of nitrogens with zero attached hydrogens (tertiary/aromatic N) is 3. The Morgan fingerprint density at radius 2 is 2.45 bits per heavy atom. The zero-order chi connectivity index (χ0) is 14.1. The van der Waals surface area contributed by atoms with E-state index in [1.165, 1.54) is 5.56 Å². The number of aryl methyl sites for hydroxylation is 1. The average Bonchev–Trinajstić information content (AvgIpc) is 3.08. The van der Waals surface area contributed by atoms with Crippen molar-refractivity contribution in [1.29, 1.82) is 0 Å². The maximum absolute atomic E-state index is 12.7. The lowest BCUT2D eigenvalue weighted by molar-refractivity contribution is -0.120. The summed E-state index contributed by atoms with van der Waals surface area (Å²) in [5.74, 6) is 0.882. The van der Waals surface area contributed by atoms with Crippen molar-refractivity contribution >= 4 is 23.2 Å². The van der Waals surface area contributed by atoms with Crippen LogP contribution in [-0.2, 0) is 17.6 Å². The van der Waals surface area contributed by atoms with Gasteiger partial charge < -0.3 is 9.84 Å². The average molecular weight is 292 g/mol. The van der Waals surface area contributed by atoms with Crippen LogP contribution in [0.3, 0.4) is 0 Å². The van der Waals surface area contributed by atoms with E-state index in [1.54, 1.807) is 23.3 Å². The molecule has 0 bridgehead atoms. The van der Waals surface area contributed by atoms with E-state index < -0.39 is 0 Å².